The Morgan fingerprint density at radius 3 is 2.72 bits per heavy atom. The summed E-state index contributed by atoms with van der Waals surface area (Å²) in [5.41, 5.74) is 1.70. The first-order valence-electron chi connectivity index (χ1n) is 8.55. The van der Waals surface area contributed by atoms with Crippen LogP contribution in [-0.2, 0) is 11.3 Å². The lowest BCUT2D eigenvalue weighted by molar-refractivity contribution is -0.122. The molecule has 1 heterocycles. The molecule has 1 amide bonds. The van der Waals surface area contributed by atoms with E-state index in [0.29, 0.717) is 12.1 Å². The third-order valence-electron chi connectivity index (χ3n) is 4.64. The number of nitrogens with one attached hydrogen (secondary N) is 1. The van der Waals surface area contributed by atoms with Crippen LogP contribution in [0.2, 0.25) is 0 Å². The van der Waals surface area contributed by atoms with Gasteiger partial charge in [0.1, 0.15) is 11.6 Å². The van der Waals surface area contributed by atoms with Crippen LogP contribution in [0.4, 0.5) is 4.39 Å². The molecule has 0 aromatic heterocycles. The van der Waals surface area contributed by atoms with Crippen LogP contribution >= 0.6 is 0 Å². The Hall–Kier alpha value is -2.40. The van der Waals surface area contributed by atoms with Gasteiger partial charge in [0.05, 0.1) is 13.7 Å². The van der Waals surface area contributed by atoms with Gasteiger partial charge in [0, 0.05) is 18.2 Å². The standard InChI is InChI=1S/C20H23FN2O2/c1-25-17-10-8-15(9-11-17)19-7-4-12-23(19)14-20(24)22-13-16-5-2-3-6-18(16)21/h2-3,5-6,8-11,19H,4,7,12-14H2,1H3,(H,22,24)/t19-/m0/s1. The number of halogens is 1. The van der Waals surface area contributed by atoms with Crippen molar-refractivity contribution in [3.05, 3.63) is 65.5 Å². The third kappa shape index (κ3) is 4.37. The van der Waals surface area contributed by atoms with Gasteiger partial charge in [0.2, 0.25) is 5.91 Å². The molecule has 1 aliphatic rings. The number of ether oxygens (including phenoxy) is 1. The minimum Gasteiger partial charge on any atom is -0.497 e. The molecule has 2 aromatic carbocycles. The van der Waals surface area contributed by atoms with E-state index in [2.05, 4.69) is 22.3 Å². The smallest absolute Gasteiger partial charge is 0.234 e. The Labute approximate surface area is 147 Å². The summed E-state index contributed by atoms with van der Waals surface area (Å²) in [5, 5.41) is 2.82. The molecule has 1 atom stereocenters. The van der Waals surface area contributed by atoms with Gasteiger partial charge in [-0.15, -0.1) is 0 Å². The maximum absolute atomic E-state index is 13.6. The number of nitrogens with zero attached hydrogens (tertiary/aromatic N) is 1. The number of carbonyl (C=O) groups excluding carboxylic acids is 1. The molecule has 0 bridgehead atoms. The highest BCUT2D eigenvalue weighted by Gasteiger charge is 2.27. The zero-order valence-electron chi connectivity index (χ0n) is 14.4. The van der Waals surface area contributed by atoms with Crippen molar-refractivity contribution in [3.63, 3.8) is 0 Å². The molecular formula is C20H23FN2O2. The fourth-order valence-electron chi connectivity index (χ4n) is 3.29. The van der Waals surface area contributed by atoms with Crippen LogP contribution in [0.3, 0.4) is 0 Å². The molecule has 0 saturated carbocycles. The summed E-state index contributed by atoms with van der Waals surface area (Å²) >= 11 is 0. The minimum atomic E-state index is -0.292. The normalized spacial score (nSPS) is 17.4. The van der Waals surface area contributed by atoms with Crippen molar-refractivity contribution in [2.45, 2.75) is 25.4 Å². The lowest BCUT2D eigenvalue weighted by Gasteiger charge is -2.24. The summed E-state index contributed by atoms with van der Waals surface area (Å²) in [5.74, 6) is 0.458. The molecule has 1 fully saturated rings. The average Bonchev–Trinajstić information content (AvgIpc) is 3.09. The lowest BCUT2D eigenvalue weighted by atomic mass is 10.0. The number of amides is 1. The van der Waals surface area contributed by atoms with Gasteiger partial charge in [-0.2, -0.15) is 0 Å². The average molecular weight is 342 g/mol. The maximum Gasteiger partial charge on any atom is 0.234 e. The summed E-state index contributed by atoms with van der Waals surface area (Å²) in [6, 6.07) is 14.7. The van der Waals surface area contributed by atoms with Crippen LogP contribution in [-0.4, -0.2) is 31.0 Å². The first-order valence-corrected chi connectivity index (χ1v) is 8.55. The van der Waals surface area contributed by atoms with E-state index in [1.807, 2.05) is 12.1 Å². The van der Waals surface area contributed by atoms with E-state index in [4.69, 9.17) is 4.74 Å². The predicted octanol–water partition coefficient (Wildman–Crippen LogP) is 3.29. The van der Waals surface area contributed by atoms with Crippen LogP contribution < -0.4 is 10.1 Å². The first kappa shape index (κ1) is 17.4. The Morgan fingerprint density at radius 1 is 1.24 bits per heavy atom. The van der Waals surface area contributed by atoms with E-state index >= 15 is 0 Å². The monoisotopic (exact) mass is 342 g/mol. The van der Waals surface area contributed by atoms with E-state index in [1.165, 1.54) is 11.6 Å². The molecule has 5 heteroatoms. The number of likely N-dealkylation sites (tertiary alicyclic amines) is 1. The Morgan fingerprint density at radius 2 is 2.00 bits per heavy atom. The number of rotatable bonds is 6. The SMILES string of the molecule is COc1ccc([C@@H]2CCCN2CC(=O)NCc2ccccc2F)cc1. The zero-order chi connectivity index (χ0) is 17.6. The Bertz CT molecular complexity index is 718. The summed E-state index contributed by atoms with van der Waals surface area (Å²) in [4.78, 5) is 14.4. The molecule has 0 radical (unpaired) electrons. The maximum atomic E-state index is 13.6. The van der Waals surface area contributed by atoms with E-state index < -0.39 is 0 Å². The van der Waals surface area contributed by atoms with Gasteiger partial charge in [-0.05, 0) is 43.1 Å². The number of carbonyl (C=O) groups is 1. The molecule has 25 heavy (non-hydrogen) atoms. The second-order valence-electron chi connectivity index (χ2n) is 6.27. The molecule has 3 rings (SSSR count). The molecule has 1 aliphatic heterocycles. The van der Waals surface area contributed by atoms with Gasteiger partial charge >= 0.3 is 0 Å². The Kier molecular flexibility index (Phi) is 5.66. The van der Waals surface area contributed by atoms with Crippen molar-refractivity contribution >= 4 is 5.91 Å². The molecule has 132 valence electrons. The molecule has 0 aliphatic carbocycles. The highest BCUT2D eigenvalue weighted by atomic mass is 19.1. The van der Waals surface area contributed by atoms with Crippen LogP contribution in [0.5, 0.6) is 5.75 Å². The second-order valence-corrected chi connectivity index (χ2v) is 6.27. The summed E-state index contributed by atoms with van der Waals surface area (Å²) in [6.45, 7) is 1.43. The van der Waals surface area contributed by atoms with Crippen LogP contribution in [0, 0.1) is 5.82 Å². The summed E-state index contributed by atoms with van der Waals surface area (Å²) in [6.07, 6.45) is 2.10. The van der Waals surface area contributed by atoms with Crippen molar-refractivity contribution < 1.29 is 13.9 Å². The van der Waals surface area contributed by atoms with Gasteiger partial charge in [-0.3, -0.25) is 9.69 Å². The molecular weight excluding hydrogens is 319 g/mol. The largest absolute Gasteiger partial charge is 0.497 e. The number of hydrogen-bond donors (Lipinski definition) is 1. The summed E-state index contributed by atoms with van der Waals surface area (Å²) < 4.78 is 18.8. The van der Waals surface area contributed by atoms with Gasteiger partial charge in [0.15, 0.2) is 0 Å². The fourth-order valence-corrected chi connectivity index (χ4v) is 3.29. The van der Waals surface area contributed by atoms with Crippen LogP contribution in [0.15, 0.2) is 48.5 Å². The van der Waals surface area contributed by atoms with Gasteiger partial charge in [-0.1, -0.05) is 30.3 Å². The highest BCUT2D eigenvalue weighted by Crippen LogP contribution is 2.32. The van der Waals surface area contributed by atoms with Crippen molar-refractivity contribution in [3.8, 4) is 5.75 Å². The van der Waals surface area contributed by atoms with E-state index in [1.54, 1.807) is 25.3 Å². The van der Waals surface area contributed by atoms with E-state index in [-0.39, 0.29) is 24.3 Å². The number of hydrogen-bond acceptors (Lipinski definition) is 3. The van der Waals surface area contributed by atoms with Crippen molar-refractivity contribution in [1.82, 2.24) is 10.2 Å². The van der Waals surface area contributed by atoms with Crippen molar-refractivity contribution in [1.29, 1.82) is 0 Å². The van der Waals surface area contributed by atoms with Crippen LogP contribution in [0.1, 0.15) is 30.0 Å². The molecule has 1 saturated heterocycles. The molecule has 4 nitrogen and oxygen atoms in total. The van der Waals surface area contributed by atoms with Gasteiger partial charge in [-0.25, -0.2) is 4.39 Å². The van der Waals surface area contributed by atoms with Gasteiger partial charge in [0.25, 0.3) is 0 Å². The van der Waals surface area contributed by atoms with Crippen molar-refractivity contribution in [2.24, 2.45) is 0 Å². The molecule has 2 aromatic rings. The topological polar surface area (TPSA) is 41.6 Å². The quantitative estimate of drug-likeness (QED) is 0.876. The molecule has 1 N–H and O–H groups in total. The third-order valence-corrected chi connectivity index (χ3v) is 4.64. The number of methoxy groups -OCH3 is 1. The second kappa shape index (κ2) is 8.12. The molecule has 0 unspecified atom stereocenters. The van der Waals surface area contributed by atoms with E-state index in [0.717, 1.165) is 25.1 Å². The number of benzene rings is 2. The first-order chi connectivity index (χ1) is 12.2. The van der Waals surface area contributed by atoms with E-state index in [9.17, 15) is 9.18 Å². The zero-order valence-corrected chi connectivity index (χ0v) is 14.4. The Balaban J connectivity index is 1.57. The predicted molar refractivity (Wildman–Crippen MR) is 94.8 cm³/mol. The van der Waals surface area contributed by atoms with Gasteiger partial charge < -0.3 is 10.1 Å². The minimum absolute atomic E-state index is 0.0799. The summed E-state index contributed by atoms with van der Waals surface area (Å²) in [7, 11) is 1.65. The fraction of sp³-hybridized carbons (Fsp3) is 0.350. The lowest BCUT2D eigenvalue weighted by Crippen LogP contribution is -2.36. The van der Waals surface area contributed by atoms with Crippen LogP contribution in [0.25, 0.3) is 0 Å². The molecule has 0 spiro atoms. The van der Waals surface area contributed by atoms with Crippen molar-refractivity contribution in [2.75, 3.05) is 20.2 Å². The highest BCUT2D eigenvalue weighted by molar-refractivity contribution is 5.78.